The van der Waals surface area contributed by atoms with Crippen LogP contribution in [0.25, 0.3) is 11.5 Å². The normalized spacial score (nSPS) is 10.6. The van der Waals surface area contributed by atoms with Crippen molar-refractivity contribution in [3.63, 3.8) is 0 Å². The molecule has 0 unspecified atom stereocenters. The van der Waals surface area contributed by atoms with Crippen LogP contribution in [0.2, 0.25) is 0 Å². The quantitative estimate of drug-likeness (QED) is 0.667. The Kier molecular flexibility index (Phi) is 4.94. The number of aromatic hydroxyl groups is 1. The van der Waals surface area contributed by atoms with Gasteiger partial charge in [-0.3, -0.25) is 4.79 Å². The molecule has 0 saturated carbocycles. The van der Waals surface area contributed by atoms with E-state index in [0.29, 0.717) is 23.2 Å². The first kappa shape index (κ1) is 15.6. The van der Waals surface area contributed by atoms with Crippen LogP contribution >= 0.6 is 23.1 Å². The number of hydrogen-bond donors (Lipinski definition) is 2. The lowest BCUT2D eigenvalue weighted by molar-refractivity contribution is -0.118. The number of hydrogen-bond acceptors (Lipinski definition) is 7. The molecule has 3 rings (SSSR count). The molecule has 0 atom stereocenters. The largest absolute Gasteiger partial charge is 0.508 e. The van der Waals surface area contributed by atoms with E-state index in [0.717, 1.165) is 4.88 Å². The predicted molar refractivity (Wildman–Crippen MR) is 88.3 cm³/mol. The molecule has 0 aliphatic rings. The number of thioether (sulfide) groups is 1. The molecule has 0 aliphatic carbocycles. The molecule has 8 heteroatoms. The summed E-state index contributed by atoms with van der Waals surface area (Å²) in [6.07, 6.45) is 0. The Morgan fingerprint density at radius 2 is 2.09 bits per heavy atom. The summed E-state index contributed by atoms with van der Waals surface area (Å²) >= 11 is 2.79. The highest BCUT2D eigenvalue weighted by atomic mass is 32.2. The summed E-state index contributed by atoms with van der Waals surface area (Å²) in [6, 6.07) is 10.4. The number of amides is 1. The van der Waals surface area contributed by atoms with Gasteiger partial charge >= 0.3 is 0 Å². The second-order valence-electron chi connectivity index (χ2n) is 4.56. The fourth-order valence-electron chi connectivity index (χ4n) is 1.77. The second kappa shape index (κ2) is 7.30. The van der Waals surface area contributed by atoms with Gasteiger partial charge in [-0.1, -0.05) is 17.8 Å². The monoisotopic (exact) mass is 347 g/mol. The maximum Gasteiger partial charge on any atom is 0.277 e. The van der Waals surface area contributed by atoms with E-state index >= 15 is 0 Å². The number of nitrogens with zero attached hydrogens (tertiary/aromatic N) is 2. The molecule has 3 aromatic rings. The number of carbonyl (C=O) groups is 1. The molecule has 118 valence electrons. The molecule has 1 amide bonds. The summed E-state index contributed by atoms with van der Waals surface area (Å²) in [5, 5.41) is 22.2. The van der Waals surface area contributed by atoms with Crippen molar-refractivity contribution in [1.82, 2.24) is 15.5 Å². The second-order valence-corrected chi connectivity index (χ2v) is 6.52. The molecule has 0 bridgehead atoms. The Morgan fingerprint density at radius 3 is 2.83 bits per heavy atom. The van der Waals surface area contributed by atoms with Crippen molar-refractivity contribution in [2.24, 2.45) is 0 Å². The van der Waals surface area contributed by atoms with E-state index in [-0.39, 0.29) is 17.4 Å². The first-order valence-electron chi connectivity index (χ1n) is 6.75. The van der Waals surface area contributed by atoms with Crippen LogP contribution in [0, 0.1) is 0 Å². The van der Waals surface area contributed by atoms with Crippen molar-refractivity contribution in [2.75, 3.05) is 5.75 Å². The van der Waals surface area contributed by atoms with E-state index in [4.69, 9.17) is 4.42 Å². The van der Waals surface area contributed by atoms with Gasteiger partial charge in [-0.05, 0) is 35.7 Å². The van der Waals surface area contributed by atoms with E-state index in [1.54, 1.807) is 35.6 Å². The van der Waals surface area contributed by atoms with Crippen molar-refractivity contribution in [3.05, 3.63) is 46.7 Å². The Balaban J connectivity index is 1.50. The summed E-state index contributed by atoms with van der Waals surface area (Å²) in [4.78, 5) is 12.9. The number of carbonyl (C=O) groups excluding carboxylic acids is 1. The minimum Gasteiger partial charge on any atom is -0.508 e. The molecule has 0 fully saturated rings. The highest BCUT2D eigenvalue weighted by Gasteiger charge is 2.11. The van der Waals surface area contributed by atoms with Crippen LogP contribution in [0.3, 0.4) is 0 Å². The lowest BCUT2D eigenvalue weighted by atomic mass is 10.2. The van der Waals surface area contributed by atoms with Gasteiger partial charge in [-0.15, -0.1) is 21.5 Å². The van der Waals surface area contributed by atoms with Gasteiger partial charge in [0.1, 0.15) is 5.75 Å². The van der Waals surface area contributed by atoms with Crippen molar-refractivity contribution in [3.8, 4) is 17.2 Å². The van der Waals surface area contributed by atoms with Gasteiger partial charge in [0.2, 0.25) is 11.8 Å². The first-order valence-corrected chi connectivity index (χ1v) is 8.62. The number of thiophene rings is 1. The topological polar surface area (TPSA) is 88.2 Å². The van der Waals surface area contributed by atoms with Gasteiger partial charge in [-0.2, -0.15) is 0 Å². The third-order valence-electron chi connectivity index (χ3n) is 2.89. The molecule has 0 aliphatic heterocycles. The van der Waals surface area contributed by atoms with Crippen LogP contribution in [0.15, 0.2) is 51.4 Å². The first-order chi connectivity index (χ1) is 11.2. The van der Waals surface area contributed by atoms with Gasteiger partial charge in [0.15, 0.2) is 0 Å². The average molecular weight is 347 g/mol. The molecule has 6 nitrogen and oxygen atoms in total. The number of benzene rings is 1. The average Bonchev–Trinajstić information content (AvgIpc) is 3.23. The van der Waals surface area contributed by atoms with E-state index in [1.165, 1.54) is 11.8 Å². The fourth-order valence-corrected chi connectivity index (χ4v) is 3.00. The standard InChI is InChI=1S/C15H13N3O3S2/c19-11-5-3-10(4-6-11)14-17-18-15(21-14)23-9-13(20)16-8-12-2-1-7-22-12/h1-7,19H,8-9H2,(H,16,20). The van der Waals surface area contributed by atoms with Crippen LogP contribution in [-0.2, 0) is 11.3 Å². The Morgan fingerprint density at radius 1 is 1.26 bits per heavy atom. The number of aromatic nitrogens is 2. The zero-order valence-electron chi connectivity index (χ0n) is 11.9. The molecule has 2 aromatic heterocycles. The van der Waals surface area contributed by atoms with Crippen LogP contribution in [-0.4, -0.2) is 27.0 Å². The summed E-state index contributed by atoms with van der Waals surface area (Å²) in [5.41, 5.74) is 0.712. The Bertz CT molecular complexity index is 770. The van der Waals surface area contributed by atoms with E-state index in [2.05, 4.69) is 15.5 Å². The highest BCUT2D eigenvalue weighted by molar-refractivity contribution is 7.99. The summed E-state index contributed by atoms with van der Waals surface area (Å²) in [7, 11) is 0. The highest BCUT2D eigenvalue weighted by Crippen LogP contribution is 2.24. The summed E-state index contributed by atoms with van der Waals surface area (Å²) in [5.74, 6) is 0.646. The molecule has 2 heterocycles. The van der Waals surface area contributed by atoms with Gasteiger partial charge in [-0.25, -0.2) is 0 Å². The minimum atomic E-state index is -0.0900. The maximum atomic E-state index is 11.8. The zero-order valence-corrected chi connectivity index (χ0v) is 13.6. The van der Waals surface area contributed by atoms with Crippen LogP contribution in [0.4, 0.5) is 0 Å². The van der Waals surface area contributed by atoms with Crippen LogP contribution in [0.1, 0.15) is 4.88 Å². The summed E-state index contributed by atoms with van der Waals surface area (Å²) < 4.78 is 5.49. The number of phenolic OH excluding ortho intramolecular Hbond substituents is 1. The van der Waals surface area contributed by atoms with Gasteiger partial charge in [0, 0.05) is 10.4 Å². The maximum absolute atomic E-state index is 11.8. The molecule has 0 saturated heterocycles. The third-order valence-corrected chi connectivity index (χ3v) is 4.58. The molecule has 2 N–H and O–H groups in total. The van der Waals surface area contributed by atoms with E-state index < -0.39 is 0 Å². The van der Waals surface area contributed by atoms with Gasteiger partial charge in [0.25, 0.3) is 5.22 Å². The predicted octanol–water partition coefficient (Wildman–Crippen LogP) is 2.91. The molecule has 1 aromatic carbocycles. The minimum absolute atomic E-state index is 0.0900. The molecule has 23 heavy (non-hydrogen) atoms. The number of rotatable bonds is 6. The van der Waals surface area contributed by atoms with Crippen LogP contribution < -0.4 is 5.32 Å². The third kappa shape index (κ3) is 4.33. The molecule has 0 radical (unpaired) electrons. The number of nitrogens with one attached hydrogen (secondary N) is 1. The fraction of sp³-hybridized carbons (Fsp3) is 0.133. The lowest BCUT2D eigenvalue weighted by Gasteiger charge is -2.01. The Hall–Kier alpha value is -2.32. The Labute approximate surface area is 140 Å². The van der Waals surface area contributed by atoms with E-state index in [9.17, 15) is 9.90 Å². The molecule has 0 spiro atoms. The van der Waals surface area contributed by atoms with E-state index in [1.807, 2.05) is 17.5 Å². The SMILES string of the molecule is O=C(CSc1nnc(-c2ccc(O)cc2)o1)NCc1cccs1. The molecular formula is C15H13N3O3S2. The van der Waals surface area contributed by atoms with Gasteiger partial charge in [0.05, 0.1) is 12.3 Å². The molecular weight excluding hydrogens is 334 g/mol. The zero-order chi connectivity index (χ0) is 16.1. The summed E-state index contributed by atoms with van der Waals surface area (Å²) in [6.45, 7) is 0.527. The van der Waals surface area contributed by atoms with Gasteiger partial charge < -0.3 is 14.8 Å². The van der Waals surface area contributed by atoms with Crippen molar-refractivity contribution < 1.29 is 14.3 Å². The number of phenols is 1. The van der Waals surface area contributed by atoms with Crippen molar-refractivity contribution in [1.29, 1.82) is 0 Å². The lowest BCUT2D eigenvalue weighted by Crippen LogP contribution is -2.24. The van der Waals surface area contributed by atoms with Crippen LogP contribution in [0.5, 0.6) is 5.75 Å². The van der Waals surface area contributed by atoms with Crippen molar-refractivity contribution >= 4 is 29.0 Å². The van der Waals surface area contributed by atoms with Crippen molar-refractivity contribution in [2.45, 2.75) is 11.8 Å². The smallest absolute Gasteiger partial charge is 0.277 e.